The van der Waals surface area contributed by atoms with E-state index in [4.69, 9.17) is 0 Å². The standard InChI is InChI=1S/C8H7BrN2/c9-5-7-6-11-4-2-1-3-8(11)10-7/h1-4,6H,5H2/p+1. The molecule has 0 aliphatic rings. The molecule has 2 heterocycles. The van der Waals surface area contributed by atoms with Crippen molar-refractivity contribution < 1.29 is 4.40 Å². The Bertz CT molecular complexity index is 334. The van der Waals surface area contributed by atoms with E-state index in [0.717, 1.165) is 11.0 Å². The number of nitrogens with one attached hydrogen (secondary N) is 1. The van der Waals surface area contributed by atoms with E-state index in [1.807, 2.05) is 24.4 Å². The SMILES string of the molecule is BrCc1c[n+]2ccccc2[nH]1. The highest BCUT2D eigenvalue weighted by atomic mass is 79.9. The van der Waals surface area contributed by atoms with Crippen LogP contribution in [0.1, 0.15) is 5.69 Å². The molecule has 0 aliphatic heterocycles. The van der Waals surface area contributed by atoms with Crippen LogP contribution in [0.4, 0.5) is 0 Å². The summed E-state index contributed by atoms with van der Waals surface area (Å²) in [7, 11) is 0. The molecule has 2 rings (SSSR count). The van der Waals surface area contributed by atoms with Crippen molar-refractivity contribution in [2.75, 3.05) is 0 Å². The minimum atomic E-state index is 0.870. The number of pyridine rings is 1. The molecule has 0 saturated heterocycles. The molecule has 0 unspecified atom stereocenters. The molecule has 0 bridgehead atoms. The van der Waals surface area contributed by atoms with Gasteiger partial charge in [-0.1, -0.05) is 22.0 Å². The molecule has 2 nitrogen and oxygen atoms in total. The lowest BCUT2D eigenvalue weighted by atomic mass is 10.5. The number of rotatable bonds is 1. The maximum atomic E-state index is 3.39. The predicted molar refractivity (Wildman–Crippen MR) is 46.6 cm³/mol. The molecule has 0 radical (unpaired) electrons. The summed E-state index contributed by atoms with van der Waals surface area (Å²) in [6, 6.07) is 6.08. The Morgan fingerprint density at radius 1 is 1.45 bits per heavy atom. The van der Waals surface area contributed by atoms with Crippen LogP contribution < -0.4 is 4.40 Å². The van der Waals surface area contributed by atoms with Crippen molar-refractivity contribution in [3.63, 3.8) is 0 Å². The molecular formula is C8H8BrN2+. The third kappa shape index (κ3) is 1.16. The van der Waals surface area contributed by atoms with E-state index in [1.54, 1.807) is 0 Å². The van der Waals surface area contributed by atoms with Gasteiger partial charge >= 0.3 is 0 Å². The Kier molecular flexibility index (Phi) is 1.66. The fourth-order valence-electron chi connectivity index (χ4n) is 1.11. The van der Waals surface area contributed by atoms with Crippen LogP contribution in [0.5, 0.6) is 0 Å². The Morgan fingerprint density at radius 3 is 3.09 bits per heavy atom. The molecular weight excluding hydrogens is 204 g/mol. The minimum Gasteiger partial charge on any atom is -0.240 e. The van der Waals surface area contributed by atoms with Crippen molar-refractivity contribution in [3.8, 4) is 0 Å². The van der Waals surface area contributed by atoms with Gasteiger partial charge in [0.05, 0.1) is 11.5 Å². The number of alkyl halides is 1. The summed E-state index contributed by atoms with van der Waals surface area (Å²) < 4.78 is 2.07. The van der Waals surface area contributed by atoms with E-state index in [9.17, 15) is 0 Å². The Labute approximate surface area is 73.0 Å². The minimum absolute atomic E-state index is 0.870. The highest BCUT2D eigenvalue weighted by molar-refractivity contribution is 9.08. The topological polar surface area (TPSA) is 19.9 Å². The van der Waals surface area contributed by atoms with Crippen LogP contribution in [0.2, 0.25) is 0 Å². The second-order valence-corrected chi connectivity index (χ2v) is 2.97. The van der Waals surface area contributed by atoms with Crippen LogP contribution in [-0.4, -0.2) is 4.98 Å². The van der Waals surface area contributed by atoms with Gasteiger partial charge in [-0.05, 0) is 6.07 Å². The molecule has 0 aliphatic carbocycles. The highest BCUT2D eigenvalue weighted by Crippen LogP contribution is 2.01. The number of imidazole rings is 1. The van der Waals surface area contributed by atoms with Gasteiger partial charge in [0, 0.05) is 6.07 Å². The van der Waals surface area contributed by atoms with Crippen LogP contribution in [0, 0.1) is 0 Å². The summed E-state index contributed by atoms with van der Waals surface area (Å²) in [5, 5.41) is 0.870. The van der Waals surface area contributed by atoms with Gasteiger partial charge in [-0.15, -0.1) is 0 Å². The number of halogens is 1. The molecule has 0 atom stereocenters. The van der Waals surface area contributed by atoms with Crippen molar-refractivity contribution in [2.45, 2.75) is 5.33 Å². The van der Waals surface area contributed by atoms with E-state index in [2.05, 4.69) is 31.5 Å². The summed E-state index contributed by atoms with van der Waals surface area (Å²) in [5.74, 6) is 0. The molecule has 0 fully saturated rings. The van der Waals surface area contributed by atoms with Crippen molar-refractivity contribution in [3.05, 3.63) is 36.3 Å². The number of aromatic nitrogens is 2. The zero-order valence-electron chi connectivity index (χ0n) is 5.92. The lowest BCUT2D eigenvalue weighted by Gasteiger charge is -1.78. The first kappa shape index (κ1) is 6.85. The summed E-state index contributed by atoms with van der Waals surface area (Å²) >= 11 is 3.39. The van der Waals surface area contributed by atoms with Gasteiger partial charge < -0.3 is 0 Å². The maximum absolute atomic E-state index is 3.39. The summed E-state index contributed by atoms with van der Waals surface area (Å²) in [4.78, 5) is 3.26. The second-order valence-electron chi connectivity index (χ2n) is 2.41. The third-order valence-electron chi connectivity index (χ3n) is 1.62. The fourth-order valence-corrected chi connectivity index (χ4v) is 1.39. The average molecular weight is 212 g/mol. The summed E-state index contributed by atoms with van der Waals surface area (Å²) in [6.07, 6.45) is 4.10. The smallest absolute Gasteiger partial charge is 0.240 e. The van der Waals surface area contributed by atoms with E-state index < -0.39 is 0 Å². The van der Waals surface area contributed by atoms with E-state index in [0.29, 0.717) is 0 Å². The molecule has 3 heteroatoms. The number of fused-ring (bicyclic) bond motifs is 1. The Hall–Kier alpha value is -0.830. The number of nitrogens with zero attached hydrogens (tertiary/aromatic N) is 1. The molecule has 11 heavy (non-hydrogen) atoms. The van der Waals surface area contributed by atoms with Crippen molar-refractivity contribution in [1.82, 2.24) is 4.98 Å². The number of hydrogen-bond donors (Lipinski definition) is 1. The first-order valence-corrected chi connectivity index (χ1v) is 4.56. The largest absolute Gasteiger partial charge is 0.284 e. The van der Waals surface area contributed by atoms with Crippen molar-refractivity contribution in [1.29, 1.82) is 0 Å². The highest BCUT2D eigenvalue weighted by Gasteiger charge is 2.04. The zero-order valence-corrected chi connectivity index (χ0v) is 7.51. The van der Waals surface area contributed by atoms with Gasteiger partial charge in [-0.25, -0.2) is 9.38 Å². The lowest BCUT2D eigenvalue weighted by molar-refractivity contribution is -0.510. The first-order chi connectivity index (χ1) is 5.40. The van der Waals surface area contributed by atoms with Crippen LogP contribution >= 0.6 is 15.9 Å². The summed E-state index contributed by atoms with van der Waals surface area (Å²) in [5.41, 5.74) is 2.32. The predicted octanol–water partition coefficient (Wildman–Crippen LogP) is 1.65. The summed E-state index contributed by atoms with van der Waals surface area (Å²) in [6.45, 7) is 0. The van der Waals surface area contributed by atoms with Gasteiger partial charge in [0.2, 0.25) is 0 Å². The quantitative estimate of drug-likeness (QED) is 0.547. The van der Waals surface area contributed by atoms with E-state index in [1.165, 1.54) is 5.69 Å². The molecule has 0 spiro atoms. The second kappa shape index (κ2) is 2.66. The van der Waals surface area contributed by atoms with Crippen molar-refractivity contribution in [2.24, 2.45) is 0 Å². The van der Waals surface area contributed by atoms with Gasteiger partial charge in [-0.2, -0.15) is 0 Å². The fraction of sp³-hybridized carbons (Fsp3) is 0.125. The number of H-pyrrole nitrogens is 1. The van der Waals surface area contributed by atoms with Crippen LogP contribution in [-0.2, 0) is 5.33 Å². The van der Waals surface area contributed by atoms with Gasteiger partial charge in [0.25, 0.3) is 5.65 Å². The zero-order chi connectivity index (χ0) is 7.68. The number of hydrogen-bond acceptors (Lipinski definition) is 0. The molecule has 0 aromatic carbocycles. The normalized spacial score (nSPS) is 10.6. The van der Waals surface area contributed by atoms with Crippen LogP contribution in [0.15, 0.2) is 30.6 Å². The lowest BCUT2D eigenvalue weighted by Crippen LogP contribution is -2.16. The Morgan fingerprint density at radius 2 is 2.36 bits per heavy atom. The van der Waals surface area contributed by atoms with E-state index in [-0.39, 0.29) is 0 Å². The van der Waals surface area contributed by atoms with Gasteiger partial charge in [0.1, 0.15) is 6.20 Å². The van der Waals surface area contributed by atoms with E-state index >= 15 is 0 Å². The van der Waals surface area contributed by atoms with Crippen LogP contribution in [0.25, 0.3) is 5.65 Å². The molecule has 0 amide bonds. The van der Waals surface area contributed by atoms with Crippen LogP contribution in [0.3, 0.4) is 0 Å². The third-order valence-corrected chi connectivity index (χ3v) is 2.22. The van der Waals surface area contributed by atoms with Gasteiger partial charge in [0.15, 0.2) is 5.69 Å². The Balaban J connectivity index is 2.69. The monoisotopic (exact) mass is 211 g/mol. The molecule has 2 aromatic heterocycles. The molecule has 2 aromatic rings. The molecule has 1 N–H and O–H groups in total. The molecule has 56 valence electrons. The van der Waals surface area contributed by atoms with Crippen molar-refractivity contribution >= 4 is 21.6 Å². The van der Waals surface area contributed by atoms with Gasteiger partial charge in [-0.3, -0.25) is 0 Å². The molecule has 0 saturated carbocycles. The number of aromatic amines is 1. The average Bonchev–Trinajstić information content (AvgIpc) is 2.46. The maximum Gasteiger partial charge on any atom is 0.284 e. The first-order valence-electron chi connectivity index (χ1n) is 3.44.